The molecule has 4 heteroatoms. The maximum atomic E-state index is 11.9. The summed E-state index contributed by atoms with van der Waals surface area (Å²) in [6, 6.07) is 8.18. The molecule has 0 spiro atoms. The Morgan fingerprint density at radius 3 is 2.37 bits per heavy atom. The molecule has 0 radical (unpaired) electrons. The fourth-order valence-corrected chi connectivity index (χ4v) is 2.29. The van der Waals surface area contributed by atoms with E-state index in [1.165, 1.54) is 5.56 Å². The maximum absolute atomic E-state index is 11.9. The van der Waals surface area contributed by atoms with Gasteiger partial charge in [0, 0.05) is 18.0 Å². The van der Waals surface area contributed by atoms with E-state index in [0.29, 0.717) is 6.42 Å². The van der Waals surface area contributed by atoms with Gasteiger partial charge in [-0.15, -0.1) is 0 Å². The normalized spacial score (nSPS) is 13.1. The van der Waals surface area contributed by atoms with Gasteiger partial charge in [0.05, 0.1) is 0 Å². The summed E-state index contributed by atoms with van der Waals surface area (Å²) < 4.78 is 5.91. The molecule has 0 bridgehead atoms. The number of halogens is 1. The van der Waals surface area contributed by atoms with E-state index < -0.39 is 0 Å². The first-order valence-electron chi connectivity index (χ1n) is 6.35. The molecule has 0 saturated carbocycles. The van der Waals surface area contributed by atoms with Crippen LogP contribution in [-0.2, 0) is 9.53 Å². The van der Waals surface area contributed by atoms with Gasteiger partial charge in [-0.1, -0.05) is 48.8 Å². The summed E-state index contributed by atoms with van der Waals surface area (Å²) in [6.45, 7) is 6.73. The first-order chi connectivity index (χ1) is 8.84. The first kappa shape index (κ1) is 16.2. The van der Waals surface area contributed by atoms with Crippen LogP contribution in [0.3, 0.4) is 0 Å². The summed E-state index contributed by atoms with van der Waals surface area (Å²) in [6.07, 6.45) is 0.467. The van der Waals surface area contributed by atoms with Crippen molar-refractivity contribution in [2.75, 3.05) is 13.8 Å². The van der Waals surface area contributed by atoms with Gasteiger partial charge >= 0.3 is 0 Å². The molecule has 0 aromatic heterocycles. The predicted molar refractivity (Wildman–Crippen MR) is 81.0 cm³/mol. The van der Waals surface area contributed by atoms with Crippen molar-refractivity contribution in [1.82, 2.24) is 5.32 Å². The standard InChI is InChI=1S/C15H22BrNO2/c1-15(2,3)13(9-14(18)17-10-19-4)11-5-7-12(16)8-6-11/h5-8,13H,9-10H2,1-4H3,(H,17,18). The molecule has 0 aliphatic carbocycles. The fourth-order valence-electron chi connectivity index (χ4n) is 2.03. The van der Waals surface area contributed by atoms with Gasteiger partial charge in [0.2, 0.25) is 5.91 Å². The Hall–Kier alpha value is -0.870. The molecule has 19 heavy (non-hydrogen) atoms. The lowest BCUT2D eigenvalue weighted by Crippen LogP contribution is -2.30. The molecule has 106 valence electrons. The predicted octanol–water partition coefficient (Wildman–Crippen LogP) is 3.69. The largest absolute Gasteiger partial charge is 0.364 e. The fraction of sp³-hybridized carbons (Fsp3) is 0.533. The highest BCUT2D eigenvalue weighted by atomic mass is 79.9. The van der Waals surface area contributed by atoms with E-state index in [-0.39, 0.29) is 24.0 Å². The minimum Gasteiger partial charge on any atom is -0.364 e. The molecule has 0 saturated heterocycles. The molecule has 1 rings (SSSR count). The van der Waals surface area contributed by atoms with Crippen molar-refractivity contribution in [2.24, 2.45) is 5.41 Å². The second-order valence-corrected chi connectivity index (χ2v) is 6.62. The number of ether oxygens (including phenoxy) is 1. The molecular weight excluding hydrogens is 306 g/mol. The van der Waals surface area contributed by atoms with E-state index >= 15 is 0 Å². The molecule has 0 fully saturated rings. The van der Waals surface area contributed by atoms with Crippen LogP contribution in [0.1, 0.15) is 38.7 Å². The number of hydrogen-bond donors (Lipinski definition) is 1. The minimum atomic E-state index is 0.0182. The quantitative estimate of drug-likeness (QED) is 0.837. The van der Waals surface area contributed by atoms with Gasteiger partial charge in [0.15, 0.2) is 0 Å². The van der Waals surface area contributed by atoms with Crippen LogP contribution in [0.15, 0.2) is 28.7 Å². The summed E-state index contributed by atoms with van der Waals surface area (Å²) in [5.41, 5.74) is 1.21. The number of hydrogen-bond acceptors (Lipinski definition) is 2. The van der Waals surface area contributed by atoms with Gasteiger partial charge in [-0.25, -0.2) is 0 Å². The Balaban J connectivity index is 2.84. The third kappa shape index (κ3) is 5.33. The van der Waals surface area contributed by atoms with Crippen molar-refractivity contribution in [1.29, 1.82) is 0 Å². The Labute approximate surface area is 123 Å². The molecule has 1 N–H and O–H groups in total. The highest BCUT2D eigenvalue weighted by Crippen LogP contribution is 2.38. The van der Waals surface area contributed by atoms with Gasteiger partial charge in [0.1, 0.15) is 6.73 Å². The van der Waals surface area contributed by atoms with Gasteiger partial charge in [-0.05, 0) is 29.0 Å². The topological polar surface area (TPSA) is 38.3 Å². The van der Waals surface area contributed by atoms with Gasteiger partial charge < -0.3 is 10.1 Å². The highest BCUT2D eigenvalue weighted by molar-refractivity contribution is 9.10. The van der Waals surface area contributed by atoms with Crippen LogP contribution >= 0.6 is 15.9 Å². The van der Waals surface area contributed by atoms with E-state index in [4.69, 9.17) is 4.74 Å². The third-order valence-electron chi connectivity index (χ3n) is 3.12. The monoisotopic (exact) mass is 327 g/mol. The zero-order valence-electron chi connectivity index (χ0n) is 12.0. The van der Waals surface area contributed by atoms with Crippen LogP contribution in [0.25, 0.3) is 0 Å². The van der Waals surface area contributed by atoms with Crippen molar-refractivity contribution >= 4 is 21.8 Å². The molecule has 0 heterocycles. The summed E-state index contributed by atoms with van der Waals surface area (Å²) in [5, 5.41) is 2.75. The first-order valence-corrected chi connectivity index (χ1v) is 7.15. The summed E-state index contributed by atoms with van der Waals surface area (Å²) in [5.74, 6) is 0.196. The number of rotatable bonds is 5. The summed E-state index contributed by atoms with van der Waals surface area (Å²) >= 11 is 3.43. The lowest BCUT2D eigenvalue weighted by atomic mass is 9.74. The number of amides is 1. The summed E-state index contributed by atoms with van der Waals surface area (Å²) in [4.78, 5) is 11.9. The van der Waals surface area contributed by atoms with E-state index in [1.54, 1.807) is 7.11 Å². The molecule has 0 aliphatic heterocycles. The van der Waals surface area contributed by atoms with E-state index in [2.05, 4.69) is 54.2 Å². The molecule has 1 amide bonds. The number of methoxy groups -OCH3 is 1. The Bertz CT molecular complexity index is 409. The van der Waals surface area contributed by atoms with Crippen LogP contribution in [-0.4, -0.2) is 19.7 Å². The van der Waals surface area contributed by atoms with Gasteiger partial charge in [-0.2, -0.15) is 0 Å². The number of nitrogens with one attached hydrogen (secondary N) is 1. The lowest BCUT2D eigenvalue weighted by Gasteiger charge is -2.31. The average molecular weight is 328 g/mol. The Kier molecular flexibility index (Phi) is 6.01. The lowest BCUT2D eigenvalue weighted by molar-refractivity contribution is -0.123. The van der Waals surface area contributed by atoms with Gasteiger partial charge in [0.25, 0.3) is 0 Å². The highest BCUT2D eigenvalue weighted by Gasteiger charge is 2.28. The average Bonchev–Trinajstić information content (AvgIpc) is 2.33. The molecule has 1 aromatic rings. The molecule has 1 atom stereocenters. The minimum absolute atomic E-state index is 0.0182. The van der Waals surface area contributed by atoms with Crippen LogP contribution < -0.4 is 5.32 Å². The van der Waals surface area contributed by atoms with E-state index in [1.807, 2.05) is 12.1 Å². The van der Waals surface area contributed by atoms with Crippen molar-refractivity contribution in [3.8, 4) is 0 Å². The molecule has 1 unspecified atom stereocenters. The second-order valence-electron chi connectivity index (χ2n) is 5.71. The van der Waals surface area contributed by atoms with E-state index in [0.717, 1.165) is 4.47 Å². The zero-order chi connectivity index (χ0) is 14.5. The number of carbonyl (C=O) groups excluding carboxylic acids is 1. The van der Waals surface area contributed by atoms with Crippen LogP contribution in [0.2, 0.25) is 0 Å². The summed E-state index contributed by atoms with van der Waals surface area (Å²) in [7, 11) is 1.57. The Morgan fingerprint density at radius 1 is 1.32 bits per heavy atom. The van der Waals surface area contributed by atoms with Crippen molar-refractivity contribution < 1.29 is 9.53 Å². The Morgan fingerprint density at radius 2 is 1.89 bits per heavy atom. The van der Waals surface area contributed by atoms with Crippen LogP contribution in [0.5, 0.6) is 0 Å². The van der Waals surface area contributed by atoms with E-state index in [9.17, 15) is 4.79 Å². The van der Waals surface area contributed by atoms with Crippen LogP contribution in [0.4, 0.5) is 0 Å². The van der Waals surface area contributed by atoms with Crippen LogP contribution in [0, 0.1) is 5.41 Å². The SMILES string of the molecule is COCNC(=O)CC(c1ccc(Br)cc1)C(C)(C)C. The second kappa shape index (κ2) is 7.06. The van der Waals surface area contributed by atoms with Crippen molar-refractivity contribution in [3.63, 3.8) is 0 Å². The molecular formula is C15H22BrNO2. The van der Waals surface area contributed by atoms with Gasteiger partial charge in [-0.3, -0.25) is 4.79 Å². The maximum Gasteiger partial charge on any atom is 0.222 e. The zero-order valence-corrected chi connectivity index (χ0v) is 13.6. The number of carbonyl (C=O) groups is 1. The molecule has 3 nitrogen and oxygen atoms in total. The smallest absolute Gasteiger partial charge is 0.222 e. The molecule has 0 aliphatic rings. The van der Waals surface area contributed by atoms with Crippen molar-refractivity contribution in [2.45, 2.75) is 33.1 Å². The third-order valence-corrected chi connectivity index (χ3v) is 3.65. The van der Waals surface area contributed by atoms with Crippen molar-refractivity contribution in [3.05, 3.63) is 34.3 Å². The molecule has 1 aromatic carbocycles. The number of benzene rings is 1.